The Morgan fingerprint density at radius 1 is 1.15 bits per heavy atom. The lowest BCUT2D eigenvalue weighted by molar-refractivity contribution is 0.632. The monoisotopic (exact) mass is 368 g/mol. The summed E-state index contributed by atoms with van der Waals surface area (Å²) in [6.45, 7) is 11.0. The zero-order chi connectivity index (χ0) is 20.2. The molecule has 0 atom stereocenters. The number of nitriles is 1. The zero-order valence-corrected chi connectivity index (χ0v) is 16.4. The van der Waals surface area contributed by atoms with Gasteiger partial charge in [0.15, 0.2) is 0 Å². The van der Waals surface area contributed by atoms with Crippen LogP contribution in [0.3, 0.4) is 0 Å². The molecule has 0 unspecified atom stereocenters. The van der Waals surface area contributed by atoms with Crippen LogP contribution >= 0.6 is 0 Å². The highest BCUT2D eigenvalue weighted by molar-refractivity contribution is 5.80. The van der Waals surface area contributed by atoms with Crippen LogP contribution in [0.4, 0.5) is 21.5 Å². The molecule has 144 valence electrons. The molecule has 0 spiro atoms. The van der Waals surface area contributed by atoms with E-state index in [1.54, 1.807) is 6.07 Å². The molecule has 0 aliphatic rings. The minimum Gasteiger partial charge on any atom is -0.397 e. The van der Waals surface area contributed by atoms with Crippen LogP contribution in [0.1, 0.15) is 51.2 Å². The highest BCUT2D eigenvalue weighted by Gasteiger charge is 2.08. The smallest absolute Gasteiger partial charge is 0.146 e. The Labute approximate surface area is 161 Å². The largest absolute Gasteiger partial charge is 0.397 e. The second-order valence-corrected chi connectivity index (χ2v) is 5.85. The Morgan fingerprint density at radius 2 is 1.89 bits per heavy atom. The summed E-state index contributed by atoms with van der Waals surface area (Å²) in [6.07, 6.45) is 3.45. The van der Waals surface area contributed by atoms with Crippen molar-refractivity contribution in [2.24, 2.45) is 0 Å². The molecule has 0 aliphatic carbocycles. The molecule has 2 aromatic carbocycles. The summed E-state index contributed by atoms with van der Waals surface area (Å²) in [6, 6.07) is 11.7. The molecule has 0 fully saturated rings. The van der Waals surface area contributed by atoms with Gasteiger partial charge >= 0.3 is 0 Å². The standard InChI is InChI=1S/C20H23FN4.C2H6/c1-3-4-5-10-24-19-9-7-16(12-18(19)23)14(2)25-20-11-15(13-22)6-8-17(20)21;1-2/h6-9,11-12,24-25H,2-5,10,23H2,1H3;1-2H3. The normalized spacial score (nSPS) is 9.59. The van der Waals surface area contributed by atoms with Crippen LogP contribution in [0.2, 0.25) is 0 Å². The molecule has 4 nitrogen and oxygen atoms in total. The topological polar surface area (TPSA) is 73.9 Å². The minimum atomic E-state index is -0.442. The van der Waals surface area contributed by atoms with Crippen LogP contribution in [0.25, 0.3) is 5.70 Å². The van der Waals surface area contributed by atoms with Crippen molar-refractivity contribution in [1.29, 1.82) is 5.26 Å². The summed E-state index contributed by atoms with van der Waals surface area (Å²) in [5, 5.41) is 15.2. The van der Waals surface area contributed by atoms with E-state index in [4.69, 9.17) is 11.0 Å². The van der Waals surface area contributed by atoms with Gasteiger partial charge in [-0.2, -0.15) is 5.26 Å². The second kappa shape index (κ2) is 11.6. The Balaban J connectivity index is 0.00000176. The van der Waals surface area contributed by atoms with Crippen LogP contribution in [0.5, 0.6) is 0 Å². The van der Waals surface area contributed by atoms with E-state index in [0.717, 1.165) is 24.2 Å². The lowest BCUT2D eigenvalue weighted by Gasteiger charge is -2.14. The third kappa shape index (κ3) is 6.67. The molecule has 4 N–H and O–H groups in total. The minimum absolute atomic E-state index is 0.212. The quantitative estimate of drug-likeness (QED) is 0.395. The molecular weight excluding hydrogens is 339 g/mol. The fourth-order valence-corrected chi connectivity index (χ4v) is 2.43. The summed E-state index contributed by atoms with van der Waals surface area (Å²) < 4.78 is 13.9. The van der Waals surface area contributed by atoms with Gasteiger partial charge in [0.25, 0.3) is 0 Å². The number of nitrogen functional groups attached to an aromatic ring is 1. The predicted molar refractivity (Wildman–Crippen MR) is 114 cm³/mol. The summed E-state index contributed by atoms with van der Waals surface area (Å²) >= 11 is 0. The molecule has 27 heavy (non-hydrogen) atoms. The van der Waals surface area contributed by atoms with Gasteiger partial charge in [0.1, 0.15) is 5.82 Å². The van der Waals surface area contributed by atoms with Crippen molar-refractivity contribution in [3.8, 4) is 6.07 Å². The number of unbranched alkanes of at least 4 members (excludes halogenated alkanes) is 2. The molecule has 0 saturated heterocycles. The molecular formula is C22H29FN4. The maximum Gasteiger partial charge on any atom is 0.146 e. The number of nitrogens with two attached hydrogens (primary N) is 1. The Hall–Kier alpha value is -3.00. The number of nitrogens with one attached hydrogen (secondary N) is 2. The number of rotatable bonds is 8. The van der Waals surface area contributed by atoms with Crippen molar-refractivity contribution in [2.75, 3.05) is 22.9 Å². The molecule has 0 radical (unpaired) electrons. The summed E-state index contributed by atoms with van der Waals surface area (Å²) in [7, 11) is 0. The van der Waals surface area contributed by atoms with E-state index in [1.807, 2.05) is 32.0 Å². The van der Waals surface area contributed by atoms with Crippen molar-refractivity contribution in [2.45, 2.75) is 40.0 Å². The zero-order valence-electron chi connectivity index (χ0n) is 16.4. The Morgan fingerprint density at radius 3 is 2.52 bits per heavy atom. The third-order valence-electron chi connectivity index (χ3n) is 3.88. The van der Waals surface area contributed by atoms with Gasteiger partial charge in [0.05, 0.1) is 28.7 Å². The van der Waals surface area contributed by atoms with Gasteiger partial charge in [-0.3, -0.25) is 0 Å². The van der Waals surface area contributed by atoms with Crippen LogP contribution < -0.4 is 16.4 Å². The molecule has 0 aromatic heterocycles. The Kier molecular flexibility index (Phi) is 9.46. The van der Waals surface area contributed by atoms with Gasteiger partial charge in [-0.1, -0.05) is 46.3 Å². The van der Waals surface area contributed by atoms with E-state index < -0.39 is 5.82 Å². The number of hydrogen-bond acceptors (Lipinski definition) is 4. The number of halogens is 1. The fraction of sp³-hybridized carbons (Fsp3) is 0.318. The molecule has 0 heterocycles. The number of hydrogen-bond donors (Lipinski definition) is 3. The van der Waals surface area contributed by atoms with E-state index in [2.05, 4.69) is 24.1 Å². The fourth-order valence-electron chi connectivity index (χ4n) is 2.43. The molecule has 0 amide bonds. The van der Waals surface area contributed by atoms with Crippen molar-refractivity contribution in [1.82, 2.24) is 0 Å². The SMILES string of the molecule is C=C(Nc1cc(C#N)ccc1F)c1ccc(NCCCCC)c(N)c1.CC. The summed E-state index contributed by atoms with van der Waals surface area (Å²) in [5.74, 6) is -0.442. The van der Waals surface area contributed by atoms with E-state index in [9.17, 15) is 4.39 Å². The van der Waals surface area contributed by atoms with Gasteiger partial charge in [-0.05, 0) is 42.3 Å². The van der Waals surface area contributed by atoms with Crippen molar-refractivity contribution >= 4 is 22.8 Å². The average Bonchev–Trinajstić information content (AvgIpc) is 2.69. The first-order chi connectivity index (χ1) is 13.0. The van der Waals surface area contributed by atoms with Gasteiger partial charge < -0.3 is 16.4 Å². The van der Waals surface area contributed by atoms with Gasteiger partial charge in [0, 0.05) is 12.2 Å². The van der Waals surface area contributed by atoms with Crippen LogP contribution in [-0.2, 0) is 0 Å². The van der Waals surface area contributed by atoms with Gasteiger partial charge in [-0.15, -0.1) is 0 Å². The number of nitrogens with zero attached hydrogens (tertiary/aromatic N) is 1. The van der Waals surface area contributed by atoms with Crippen LogP contribution in [-0.4, -0.2) is 6.54 Å². The third-order valence-corrected chi connectivity index (χ3v) is 3.88. The number of benzene rings is 2. The maximum absolute atomic E-state index is 13.9. The first-order valence-electron chi connectivity index (χ1n) is 9.34. The van der Waals surface area contributed by atoms with Crippen molar-refractivity contribution < 1.29 is 4.39 Å². The molecule has 5 heteroatoms. The molecule has 0 aliphatic heterocycles. The lowest BCUT2D eigenvalue weighted by atomic mass is 10.1. The van der Waals surface area contributed by atoms with Gasteiger partial charge in [-0.25, -0.2) is 4.39 Å². The first kappa shape index (κ1) is 22.0. The Bertz CT molecular complexity index is 793. The maximum atomic E-state index is 13.9. The van der Waals surface area contributed by atoms with Crippen molar-refractivity contribution in [3.63, 3.8) is 0 Å². The van der Waals surface area contributed by atoms with E-state index in [-0.39, 0.29) is 5.69 Å². The predicted octanol–water partition coefficient (Wildman–Crippen LogP) is 5.99. The molecule has 2 rings (SSSR count). The lowest BCUT2D eigenvalue weighted by Crippen LogP contribution is -2.05. The van der Waals surface area contributed by atoms with Crippen LogP contribution in [0.15, 0.2) is 43.0 Å². The van der Waals surface area contributed by atoms with Crippen LogP contribution in [0, 0.1) is 17.1 Å². The highest BCUT2D eigenvalue weighted by Crippen LogP contribution is 2.26. The second-order valence-electron chi connectivity index (χ2n) is 5.85. The van der Waals surface area contributed by atoms with E-state index in [0.29, 0.717) is 16.9 Å². The van der Waals surface area contributed by atoms with Gasteiger partial charge in [0.2, 0.25) is 0 Å². The van der Waals surface area contributed by atoms with E-state index in [1.165, 1.54) is 31.0 Å². The summed E-state index contributed by atoms with van der Waals surface area (Å²) in [5.41, 5.74) is 9.45. The van der Waals surface area contributed by atoms with Crippen molar-refractivity contribution in [3.05, 3.63) is 59.9 Å². The average molecular weight is 369 g/mol. The molecule has 0 bridgehead atoms. The summed E-state index contributed by atoms with van der Waals surface area (Å²) in [4.78, 5) is 0. The number of anilines is 3. The van der Waals surface area contributed by atoms with E-state index >= 15 is 0 Å². The highest BCUT2D eigenvalue weighted by atomic mass is 19.1. The molecule has 0 saturated carbocycles. The first-order valence-corrected chi connectivity index (χ1v) is 9.34. The molecule has 2 aromatic rings.